The zero-order valence-corrected chi connectivity index (χ0v) is 12.2. The highest BCUT2D eigenvalue weighted by atomic mass is 16.5. The van der Waals surface area contributed by atoms with Crippen molar-refractivity contribution in [1.29, 1.82) is 0 Å². The molecule has 21 heavy (non-hydrogen) atoms. The molecule has 2 N–H and O–H groups in total. The van der Waals surface area contributed by atoms with Crippen LogP contribution in [0, 0.1) is 6.92 Å². The van der Waals surface area contributed by atoms with Gasteiger partial charge < -0.3 is 15.2 Å². The molecule has 0 spiro atoms. The molecule has 4 nitrogen and oxygen atoms in total. The van der Waals surface area contributed by atoms with Gasteiger partial charge in [-0.15, -0.1) is 0 Å². The first-order valence-corrected chi connectivity index (χ1v) is 6.77. The Kier molecular flexibility index (Phi) is 4.82. The monoisotopic (exact) mass is 285 g/mol. The van der Waals surface area contributed by atoms with E-state index in [0.717, 1.165) is 16.8 Å². The number of aryl methyl sites for hydroxylation is 1. The van der Waals surface area contributed by atoms with E-state index in [1.807, 2.05) is 55.5 Å². The minimum atomic E-state index is -0.845. The molecule has 0 aromatic heterocycles. The van der Waals surface area contributed by atoms with Crippen LogP contribution in [0.1, 0.15) is 23.6 Å². The molecule has 2 aromatic carbocycles. The number of hydrogen-bond acceptors (Lipinski definition) is 3. The zero-order valence-electron chi connectivity index (χ0n) is 12.2. The summed E-state index contributed by atoms with van der Waals surface area (Å²) in [6.45, 7) is 2.01. The van der Waals surface area contributed by atoms with E-state index in [0.29, 0.717) is 5.75 Å². The number of methoxy groups -OCH3 is 1. The molecule has 0 aliphatic carbocycles. The number of ether oxygens (including phenoxy) is 1. The Labute approximate surface area is 124 Å². The van der Waals surface area contributed by atoms with E-state index < -0.39 is 5.97 Å². The quantitative estimate of drug-likeness (QED) is 0.851. The molecule has 0 saturated heterocycles. The smallest absolute Gasteiger partial charge is 0.305 e. The molecule has 1 unspecified atom stereocenters. The predicted octanol–water partition coefficient (Wildman–Crippen LogP) is 3.63. The first kappa shape index (κ1) is 14.9. The van der Waals surface area contributed by atoms with Gasteiger partial charge in [-0.2, -0.15) is 0 Å². The van der Waals surface area contributed by atoms with E-state index in [4.69, 9.17) is 9.84 Å². The summed E-state index contributed by atoms with van der Waals surface area (Å²) < 4.78 is 5.20. The number of rotatable bonds is 6. The van der Waals surface area contributed by atoms with E-state index in [-0.39, 0.29) is 12.5 Å². The van der Waals surface area contributed by atoms with E-state index in [2.05, 4.69) is 5.32 Å². The van der Waals surface area contributed by atoms with E-state index in [9.17, 15) is 4.79 Å². The van der Waals surface area contributed by atoms with Gasteiger partial charge in [0.25, 0.3) is 0 Å². The molecule has 0 fully saturated rings. The number of aliphatic carboxylic acids is 1. The number of anilines is 1. The average molecular weight is 285 g/mol. The molecule has 0 aliphatic heterocycles. The SMILES string of the molecule is COc1cccc(C(CC(=O)O)Nc2ccc(C)cc2)c1. The molecule has 0 radical (unpaired) electrons. The number of nitrogens with one attached hydrogen (secondary N) is 1. The summed E-state index contributed by atoms with van der Waals surface area (Å²) in [5, 5.41) is 12.4. The Morgan fingerprint density at radius 2 is 1.95 bits per heavy atom. The Morgan fingerprint density at radius 3 is 2.57 bits per heavy atom. The van der Waals surface area contributed by atoms with Gasteiger partial charge in [-0.05, 0) is 36.8 Å². The van der Waals surface area contributed by atoms with Crippen molar-refractivity contribution in [3.8, 4) is 5.75 Å². The second-order valence-electron chi connectivity index (χ2n) is 4.94. The normalized spacial score (nSPS) is 11.7. The van der Waals surface area contributed by atoms with Gasteiger partial charge in [0.15, 0.2) is 0 Å². The van der Waals surface area contributed by atoms with Crippen molar-refractivity contribution in [2.24, 2.45) is 0 Å². The van der Waals surface area contributed by atoms with Gasteiger partial charge in [0.1, 0.15) is 5.75 Å². The number of carboxylic acids is 1. The first-order valence-electron chi connectivity index (χ1n) is 6.77. The summed E-state index contributed by atoms with van der Waals surface area (Å²) in [4.78, 5) is 11.1. The molecule has 2 rings (SSSR count). The molecule has 1 atom stereocenters. The third kappa shape index (κ3) is 4.24. The number of benzene rings is 2. The second-order valence-corrected chi connectivity index (χ2v) is 4.94. The molecule has 0 bridgehead atoms. The summed E-state index contributed by atoms with van der Waals surface area (Å²) in [7, 11) is 1.60. The molecule has 0 aliphatic rings. The fourth-order valence-electron chi connectivity index (χ4n) is 2.14. The minimum absolute atomic E-state index is 0.00104. The van der Waals surface area contributed by atoms with Crippen molar-refractivity contribution in [1.82, 2.24) is 0 Å². The van der Waals surface area contributed by atoms with Crippen molar-refractivity contribution < 1.29 is 14.6 Å². The lowest BCUT2D eigenvalue weighted by Gasteiger charge is -2.19. The van der Waals surface area contributed by atoms with Crippen LogP contribution in [-0.4, -0.2) is 18.2 Å². The minimum Gasteiger partial charge on any atom is -0.497 e. The zero-order chi connectivity index (χ0) is 15.2. The highest BCUT2D eigenvalue weighted by molar-refractivity contribution is 5.69. The Bertz CT molecular complexity index is 608. The van der Waals surface area contributed by atoms with Crippen LogP contribution in [0.3, 0.4) is 0 Å². The molecular formula is C17H19NO3. The van der Waals surface area contributed by atoms with Gasteiger partial charge >= 0.3 is 5.97 Å². The Balaban J connectivity index is 2.24. The maximum absolute atomic E-state index is 11.1. The topological polar surface area (TPSA) is 58.6 Å². The molecule has 4 heteroatoms. The maximum Gasteiger partial charge on any atom is 0.305 e. The molecule has 0 saturated carbocycles. The van der Waals surface area contributed by atoms with Gasteiger partial charge in [-0.25, -0.2) is 0 Å². The average Bonchev–Trinajstić information content (AvgIpc) is 2.48. The summed E-state index contributed by atoms with van der Waals surface area (Å²) in [5.74, 6) is -0.129. The van der Waals surface area contributed by atoms with Crippen molar-refractivity contribution in [3.63, 3.8) is 0 Å². The highest BCUT2D eigenvalue weighted by Gasteiger charge is 2.16. The van der Waals surface area contributed by atoms with Crippen LogP contribution in [0.4, 0.5) is 5.69 Å². The third-order valence-electron chi connectivity index (χ3n) is 3.27. The Morgan fingerprint density at radius 1 is 1.24 bits per heavy atom. The van der Waals surface area contributed by atoms with Gasteiger partial charge in [0, 0.05) is 5.69 Å². The van der Waals surface area contributed by atoms with Crippen LogP contribution >= 0.6 is 0 Å². The molecule has 0 amide bonds. The summed E-state index contributed by atoms with van der Waals surface area (Å²) >= 11 is 0. The number of hydrogen-bond donors (Lipinski definition) is 2. The van der Waals surface area contributed by atoms with Gasteiger partial charge in [0.2, 0.25) is 0 Å². The second kappa shape index (κ2) is 6.79. The maximum atomic E-state index is 11.1. The fraction of sp³-hybridized carbons (Fsp3) is 0.235. The van der Waals surface area contributed by atoms with E-state index in [1.54, 1.807) is 7.11 Å². The van der Waals surface area contributed by atoms with Gasteiger partial charge in [-0.3, -0.25) is 4.79 Å². The van der Waals surface area contributed by atoms with Crippen molar-refractivity contribution in [3.05, 3.63) is 59.7 Å². The molecule has 110 valence electrons. The van der Waals surface area contributed by atoms with E-state index >= 15 is 0 Å². The van der Waals surface area contributed by atoms with Crippen LogP contribution < -0.4 is 10.1 Å². The molecule has 0 heterocycles. The fourth-order valence-corrected chi connectivity index (χ4v) is 2.14. The van der Waals surface area contributed by atoms with Gasteiger partial charge in [0.05, 0.1) is 19.6 Å². The largest absolute Gasteiger partial charge is 0.497 e. The first-order chi connectivity index (χ1) is 10.1. The summed E-state index contributed by atoms with van der Waals surface area (Å²) in [6.07, 6.45) is 0.00104. The van der Waals surface area contributed by atoms with Crippen molar-refractivity contribution >= 4 is 11.7 Å². The lowest BCUT2D eigenvalue weighted by atomic mass is 10.0. The number of carbonyl (C=O) groups is 1. The number of carboxylic acid groups (broad SMARTS) is 1. The lowest BCUT2D eigenvalue weighted by molar-refractivity contribution is -0.137. The van der Waals surface area contributed by atoms with Crippen LogP contribution in [0.25, 0.3) is 0 Å². The van der Waals surface area contributed by atoms with Crippen LogP contribution in [-0.2, 0) is 4.79 Å². The summed E-state index contributed by atoms with van der Waals surface area (Å²) in [5.41, 5.74) is 2.95. The highest BCUT2D eigenvalue weighted by Crippen LogP contribution is 2.25. The summed E-state index contributed by atoms with van der Waals surface area (Å²) in [6, 6.07) is 15.0. The Hall–Kier alpha value is -2.49. The van der Waals surface area contributed by atoms with Crippen molar-refractivity contribution in [2.75, 3.05) is 12.4 Å². The van der Waals surface area contributed by atoms with Crippen molar-refractivity contribution in [2.45, 2.75) is 19.4 Å². The molecule has 2 aromatic rings. The van der Waals surface area contributed by atoms with Crippen LogP contribution in [0.2, 0.25) is 0 Å². The lowest BCUT2D eigenvalue weighted by Crippen LogP contribution is -2.15. The van der Waals surface area contributed by atoms with Gasteiger partial charge in [-0.1, -0.05) is 29.8 Å². The predicted molar refractivity (Wildman–Crippen MR) is 82.8 cm³/mol. The van der Waals surface area contributed by atoms with Crippen LogP contribution in [0.5, 0.6) is 5.75 Å². The third-order valence-corrected chi connectivity index (χ3v) is 3.27. The van der Waals surface area contributed by atoms with E-state index in [1.165, 1.54) is 0 Å². The standard InChI is InChI=1S/C17H19NO3/c1-12-6-8-14(9-7-12)18-16(11-17(19)20)13-4-3-5-15(10-13)21-2/h3-10,16,18H,11H2,1-2H3,(H,19,20). The molecular weight excluding hydrogens is 266 g/mol. The van der Waals surface area contributed by atoms with Crippen LogP contribution in [0.15, 0.2) is 48.5 Å².